The van der Waals surface area contributed by atoms with E-state index in [9.17, 15) is 18.4 Å². The molecule has 0 bridgehead atoms. The monoisotopic (exact) mass is 401 g/mol. The molecule has 0 atom stereocenters. The average molecular weight is 401 g/mol. The van der Waals surface area contributed by atoms with Gasteiger partial charge in [0, 0.05) is 11.1 Å². The molecule has 0 aliphatic carbocycles. The number of halogens is 2. The van der Waals surface area contributed by atoms with E-state index in [2.05, 4.69) is 10.3 Å². The fourth-order valence-corrected chi connectivity index (χ4v) is 3.27. The number of thiazole rings is 1. The molecule has 2 aromatic carbocycles. The van der Waals surface area contributed by atoms with Crippen molar-refractivity contribution in [2.24, 2.45) is 5.73 Å². The van der Waals surface area contributed by atoms with Gasteiger partial charge in [0.2, 0.25) is 11.7 Å². The molecule has 0 unspecified atom stereocenters. The lowest BCUT2D eigenvalue weighted by atomic mass is 10.0. The standard InChI is InChI=1S/C20H17F2N3O2S/c1-20(2,23)18(27)25-19-24-15(11-3-7-13(21)8-4-11)17(28-19)16(26)12-5-9-14(22)10-6-12/h3-10H,23H2,1-2H3,(H,24,25,27). The lowest BCUT2D eigenvalue weighted by Gasteiger charge is -2.16. The average Bonchev–Trinajstić information content (AvgIpc) is 3.05. The number of benzene rings is 2. The van der Waals surface area contributed by atoms with Crippen LogP contribution in [0.25, 0.3) is 11.3 Å². The number of hydrogen-bond acceptors (Lipinski definition) is 5. The van der Waals surface area contributed by atoms with E-state index < -0.39 is 23.1 Å². The molecule has 8 heteroatoms. The number of nitrogens with two attached hydrogens (primary N) is 1. The Kier molecular flexibility index (Phi) is 5.35. The molecule has 0 saturated heterocycles. The van der Waals surface area contributed by atoms with E-state index >= 15 is 0 Å². The van der Waals surface area contributed by atoms with Crippen molar-refractivity contribution in [3.63, 3.8) is 0 Å². The van der Waals surface area contributed by atoms with Crippen molar-refractivity contribution >= 4 is 28.2 Å². The number of nitrogens with one attached hydrogen (secondary N) is 1. The second-order valence-electron chi connectivity index (χ2n) is 6.72. The molecule has 1 aromatic heterocycles. The minimum Gasteiger partial charge on any atom is -0.318 e. The van der Waals surface area contributed by atoms with Gasteiger partial charge in [0.15, 0.2) is 5.13 Å². The van der Waals surface area contributed by atoms with Gasteiger partial charge in [0.05, 0.1) is 11.2 Å². The first-order chi connectivity index (χ1) is 13.1. The quantitative estimate of drug-likeness (QED) is 0.633. The molecule has 0 aliphatic rings. The topological polar surface area (TPSA) is 85.1 Å². The molecule has 1 amide bonds. The Morgan fingerprint density at radius 1 is 1.00 bits per heavy atom. The first-order valence-corrected chi connectivity index (χ1v) is 9.14. The fraction of sp³-hybridized carbons (Fsp3) is 0.150. The van der Waals surface area contributed by atoms with E-state index in [0.29, 0.717) is 11.3 Å². The third-order valence-electron chi connectivity index (χ3n) is 3.86. The Bertz CT molecular complexity index is 1020. The summed E-state index contributed by atoms with van der Waals surface area (Å²) in [5, 5.41) is 2.78. The lowest BCUT2D eigenvalue weighted by Crippen LogP contribution is -2.45. The van der Waals surface area contributed by atoms with Gasteiger partial charge in [-0.3, -0.25) is 9.59 Å². The predicted octanol–water partition coefficient (Wildman–Crippen LogP) is 4.00. The minimum absolute atomic E-state index is 0.188. The van der Waals surface area contributed by atoms with Crippen LogP contribution in [0.2, 0.25) is 0 Å². The lowest BCUT2D eigenvalue weighted by molar-refractivity contribution is -0.120. The van der Waals surface area contributed by atoms with E-state index in [1.54, 1.807) is 13.8 Å². The number of aromatic nitrogens is 1. The molecule has 5 nitrogen and oxygen atoms in total. The van der Waals surface area contributed by atoms with Gasteiger partial charge in [0.25, 0.3) is 0 Å². The van der Waals surface area contributed by atoms with Crippen molar-refractivity contribution < 1.29 is 18.4 Å². The Balaban J connectivity index is 2.05. The van der Waals surface area contributed by atoms with Crippen LogP contribution in [0.1, 0.15) is 29.1 Å². The summed E-state index contributed by atoms with van der Waals surface area (Å²) in [6.45, 7) is 3.09. The van der Waals surface area contributed by atoms with Crippen LogP contribution in [0.5, 0.6) is 0 Å². The molecule has 144 valence electrons. The molecule has 0 spiro atoms. The molecular formula is C20H17F2N3O2S. The van der Waals surface area contributed by atoms with Crippen LogP contribution in [-0.2, 0) is 4.79 Å². The summed E-state index contributed by atoms with van der Waals surface area (Å²) in [4.78, 5) is 29.7. The molecule has 3 N–H and O–H groups in total. The molecule has 3 aromatic rings. The zero-order valence-corrected chi connectivity index (χ0v) is 15.9. The summed E-state index contributed by atoms with van der Waals surface area (Å²) in [7, 11) is 0. The van der Waals surface area contributed by atoms with Crippen LogP contribution in [0.3, 0.4) is 0 Å². The van der Waals surface area contributed by atoms with Crippen molar-refractivity contribution in [1.29, 1.82) is 0 Å². The van der Waals surface area contributed by atoms with Gasteiger partial charge < -0.3 is 11.1 Å². The Hall–Kier alpha value is -2.97. The van der Waals surface area contributed by atoms with Crippen LogP contribution in [0.15, 0.2) is 48.5 Å². The summed E-state index contributed by atoms with van der Waals surface area (Å²) >= 11 is 0.974. The normalized spacial score (nSPS) is 11.3. The predicted molar refractivity (Wildman–Crippen MR) is 104 cm³/mol. The van der Waals surface area contributed by atoms with Gasteiger partial charge in [-0.15, -0.1) is 0 Å². The molecule has 0 radical (unpaired) electrons. The van der Waals surface area contributed by atoms with Crippen LogP contribution in [0, 0.1) is 11.6 Å². The highest BCUT2D eigenvalue weighted by Crippen LogP contribution is 2.33. The number of rotatable bonds is 5. The number of carbonyl (C=O) groups is 2. The second kappa shape index (κ2) is 7.57. The summed E-state index contributed by atoms with van der Waals surface area (Å²) in [5.41, 5.74) is 5.72. The van der Waals surface area contributed by atoms with Crippen LogP contribution in [-0.4, -0.2) is 22.2 Å². The zero-order valence-electron chi connectivity index (χ0n) is 15.1. The number of nitrogens with zero attached hydrogens (tertiary/aromatic N) is 1. The zero-order chi connectivity index (χ0) is 20.5. The van der Waals surface area contributed by atoms with Crippen LogP contribution >= 0.6 is 11.3 Å². The van der Waals surface area contributed by atoms with E-state index in [0.717, 1.165) is 11.3 Å². The van der Waals surface area contributed by atoms with Gasteiger partial charge in [-0.05, 0) is 62.4 Å². The molecular weight excluding hydrogens is 384 g/mol. The van der Waals surface area contributed by atoms with Crippen molar-refractivity contribution in [1.82, 2.24) is 4.98 Å². The minimum atomic E-state index is -1.14. The third kappa shape index (κ3) is 4.29. The SMILES string of the molecule is CC(C)(N)C(=O)Nc1nc(-c2ccc(F)cc2)c(C(=O)c2ccc(F)cc2)s1. The summed E-state index contributed by atoms with van der Waals surface area (Å²) in [6.07, 6.45) is 0. The maximum atomic E-state index is 13.3. The highest BCUT2D eigenvalue weighted by Gasteiger charge is 2.26. The number of ketones is 1. The van der Waals surface area contributed by atoms with Crippen LogP contribution < -0.4 is 11.1 Å². The maximum Gasteiger partial charge on any atom is 0.245 e. The number of hydrogen-bond donors (Lipinski definition) is 2. The van der Waals surface area contributed by atoms with Gasteiger partial charge in [0.1, 0.15) is 16.5 Å². The van der Waals surface area contributed by atoms with Crippen molar-refractivity contribution in [2.45, 2.75) is 19.4 Å². The van der Waals surface area contributed by atoms with Gasteiger partial charge in [-0.2, -0.15) is 0 Å². The third-order valence-corrected chi connectivity index (χ3v) is 4.83. The highest BCUT2D eigenvalue weighted by molar-refractivity contribution is 7.18. The molecule has 0 saturated carbocycles. The summed E-state index contributed by atoms with van der Waals surface area (Å²) in [5.74, 6) is -1.74. The van der Waals surface area contributed by atoms with Crippen molar-refractivity contribution in [3.8, 4) is 11.3 Å². The van der Waals surface area contributed by atoms with E-state index in [-0.39, 0.29) is 21.4 Å². The highest BCUT2D eigenvalue weighted by atomic mass is 32.1. The molecule has 0 fully saturated rings. The number of carbonyl (C=O) groups excluding carboxylic acids is 2. The Morgan fingerprint density at radius 3 is 2.07 bits per heavy atom. The first-order valence-electron chi connectivity index (χ1n) is 8.32. The summed E-state index contributed by atoms with van der Waals surface area (Å²) < 4.78 is 26.5. The second-order valence-corrected chi connectivity index (χ2v) is 7.71. The van der Waals surface area contributed by atoms with E-state index in [1.807, 2.05) is 0 Å². The molecule has 1 heterocycles. The van der Waals surface area contributed by atoms with E-state index in [1.165, 1.54) is 48.5 Å². The largest absolute Gasteiger partial charge is 0.318 e. The molecule has 3 rings (SSSR count). The number of amides is 1. The smallest absolute Gasteiger partial charge is 0.245 e. The first kappa shape index (κ1) is 19.8. The van der Waals surface area contributed by atoms with Crippen molar-refractivity contribution in [2.75, 3.05) is 5.32 Å². The fourth-order valence-electron chi connectivity index (χ4n) is 2.32. The molecule has 0 aliphatic heterocycles. The van der Waals surface area contributed by atoms with Crippen LogP contribution in [0.4, 0.5) is 13.9 Å². The Labute approximate surface area is 164 Å². The van der Waals surface area contributed by atoms with Gasteiger partial charge >= 0.3 is 0 Å². The number of anilines is 1. The van der Waals surface area contributed by atoms with E-state index in [4.69, 9.17) is 5.73 Å². The molecule has 28 heavy (non-hydrogen) atoms. The Morgan fingerprint density at radius 2 is 1.54 bits per heavy atom. The summed E-state index contributed by atoms with van der Waals surface area (Å²) in [6, 6.07) is 10.6. The van der Waals surface area contributed by atoms with Crippen molar-refractivity contribution in [3.05, 3.63) is 70.6 Å². The van der Waals surface area contributed by atoms with Gasteiger partial charge in [-0.1, -0.05) is 11.3 Å². The maximum absolute atomic E-state index is 13.3. The van der Waals surface area contributed by atoms with Gasteiger partial charge in [-0.25, -0.2) is 13.8 Å².